The fourth-order valence-electron chi connectivity index (χ4n) is 1.16. The molecule has 0 aliphatic heterocycles. The van der Waals surface area contributed by atoms with E-state index in [1.54, 1.807) is 0 Å². The lowest BCUT2D eigenvalue weighted by Crippen LogP contribution is -1.87. The van der Waals surface area contributed by atoms with Gasteiger partial charge in [0.15, 0.2) is 0 Å². The highest BCUT2D eigenvalue weighted by Crippen LogP contribution is 2.19. The summed E-state index contributed by atoms with van der Waals surface area (Å²) in [6.07, 6.45) is 7.79. The summed E-state index contributed by atoms with van der Waals surface area (Å²) in [5.74, 6) is 0. The zero-order valence-electron chi connectivity index (χ0n) is 8.52. The zero-order chi connectivity index (χ0) is 10.1. The lowest BCUT2D eigenvalue weighted by Gasteiger charge is -2.04. The summed E-state index contributed by atoms with van der Waals surface area (Å²) >= 11 is 6.05. The largest absolute Gasteiger partial charge is 0.396 e. The monoisotopic (exact) mass is 202 g/mol. The van der Waals surface area contributed by atoms with Gasteiger partial charge in [-0.2, -0.15) is 0 Å². The molecule has 0 bridgehead atoms. The van der Waals surface area contributed by atoms with E-state index >= 15 is 0 Å². The molecule has 0 fully saturated rings. The minimum atomic E-state index is 0.271. The Labute approximate surface area is 86.1 Å². The summed E-state index contributed by atoms with van der Waals surface area (Å²) in [4.78, 5) is 0. The Hall–Kier alpha value is -0.270. The summed E-state index contributed by atoms with van der Waals surface area (Å²) in [7, 11) is 0. The van der Waals surface area contributed by atoms with Crippen LogP contribution in [0.5, 0.6) is 0 Å². The Morgan fingerprint density at radius 3 is 2.54 bits per heavy atom. The maximum absolute atomic E-state index is 8.64. The molecule has 0 saturated carbocycles. The van der Waals surface area contributed by atoms with Crippen LogP contribution in [0.4, 0.5) is 0 Å². The molecule has 76 valence electrons. The van der Waals surface area contributed by atoms with Crippen LogP contribution in [0, 0.1) is 0 Å². The highest BCUT2D eigenvalue weighted by atomic mass is 35.5. The first kappa shape index (κ1) is 12.7. The molecule has 1 nitrogen and oxygen atoms in total. The number of aliphatic hydroxyl groups is 1. The van der Waals surface area contributed by atoms with E-state index in [2.05, 4.69) is 13.0 Å². The van der Waals surface area contributed by atoms with Crippen molar-refractivity contribution in [2.24, 2.45) is 0 Å². The van der Waals surface area contributed by atoms with E-state index in [0.717, 1.165) is 30.7 Å². The fourth-order valence-corrected chi connectivity index (χ4v) is 1.32. The molecule has 0 radical (unpaired) electrons. The molecular weight excluding hydrogens is 184 g/mol. The first-order valence-electron chi connectivity index (χ1n) is 4.87. The quantitative estimate of drug-likeness (QED) is 0.515. The van der Waals surface area contributed by atoms with Crippen LogP contribution in [0.1, 0.15) is 39.5 Å². The van der Waals surface area contributed by atoms with Crippen LogP contribution in [0.2, 0.25) is 0 Å². The summed E-state index contributed by atoms with van der Waals surface area (Å²) in [5, 5.41) is 9.58. The number of hydrogen-bond donors (Lipinski definition) is 1. The minimum absolute atomic E-state index is 0.271. The number of unbranched alkanes of at least 4 members (excludes halogenated alkanes) is 1. The van der Waals surface area contributed by atoms with Gasteiger partial charge in [0.2, 0.25) is 0 Å². The van der Waals surface area contributed by atoms with Crippen molar-refractivity contribution in [2.75, 3.05) is 6.61 Å². The molecule has 0 unspecified atom stereocenters. The van der Waals surface area contributed by atoms with Crippen molar-refractivity contribution in [3.8, 4) is 0 Å². The molecule has 2 heteroatoms. The van der Waals surface area contributed by atoms with Gasteiger partial charge in [0, 0.05) is 11.6 Å². The van der Waals surface area contributed by atoms with E-state index in [0.29, 0.717) is 0 Å². The number of aliphatic hydroxyl groups excluding tert-OH is 1. The second-order valence-corrected chi connectivity index (χ2v) is 3.42. The van der Waals surface area contributed by atoms with Crippen LogP contribution in [0.25, 0.3) is 0 Å². The Morgan fingerprint density at radius 2 is 2.08 bits per heavy atom. The van der Waals surface area contributed by atoms with Crippen molar-refractivity contribution < 1.29 is 5.11 Å². The Morgan fingerprint density at radius 1 is 1.38 bits per heavy atom. The van der Waals surface area contributed by atoms with Gasteiger partial charge in [0.1, 0.15) is 0 Å². The van der Waals surface area contributed by atoms with Crippen LogP contribution in [0.15, 0.2) is 22.8 Å². The summed E-state index contributed by atoms with van der Waals surface area (Å²) in [5.41, 5.74) is 1.21. The molecule has 0 spiro atoms. The maximum atomic E-state index is 8.64. The lowest BCUT2D eigenvalue weighted by molar-refractivity contribution is 0.285. The third kappa shape index (κ3) is 5.89. The molecule has 0 aliphatic carbocycles. The van der Waals surface area contributed by atoms with E-state index in [4.69, 9.17) is 16.7 Å². The van der Waals surface area contributed by atoms with Crippen LogP contribution in [-0.4, -0.2) is 11.7 Å². The van der Waals surface area contributed by atoms with Crippen molar-refractivity contribution in [1.29, 1.82) is 0 Å². The Kier molecular flexibility index (Phi) is 8.16. The van der Waals surface area contributed by atoms with E-state index in [1.807, 2.05) is 13.0 Å². The minimum Gasteiger partial charge on any atom is -0.396 e. The Bertz CT molecular complexity index is 183. The van der Waals surface area contributed by atoms with Gasteiger partial charge in [0.05, 0.1) is 0 Å². The second-order valence-electron chi connectivity index (χ2n) is 2.96. The summed E-state index contributed by atoms with van der Waals surface area (Å²) < 4.78 is 0. The highest BCUT2D eigenvalue weighted by Gasteiger charge is 1.99. The zero-order valence-corrected chi connectivity index (χ0v) is 9.27. The first-order chi connectivity index (χ1) is 6.26. The van der Waals surface area contributed by atoms with Gasteiger partial charge in [0.25, 0.3) is 0 Å². The average Bonchev–Trinajstić information content (AvgIpc) is 2.16. The van der Waals surface area contributed by atoms with Crippen molar-refractivity contribution in [3.63, 3.8) is 0 Å². The van der Waals surface area contributed by atoms with Gasteiger partial charge in [-0.3, -0.25) is 0 Å². The van der Waals surface area contributed by atoms with Gasteiger partial charge in [-0.15, -0.1) is 0 Å². The standard InChI is InChI=1S/C11H19ClO/c1-3-7-10(11(12)4-2)8-5-6-9-13/h3,7,13H,4-6,8-9H2,1-2H3/b7-3-,11-10-. The van der Waals surface area contributed by atoms with E-state index < -0.39 is 0 Å². The van der Waals surface area contributed by atoms with E-state index in [-0.39, 0.29) is 6.61 Å². The fraction of sp³-hybridized carbons (Fsp3) is 0.636. The molecular formula is C11H19ClO. The van der Waals surface area contributed by atoms with Gasteiger partial charge >= 0.3 is 0 Å². The maximum Gasteiger partial charge on any atom is 0.0431 e. The second kappa shape index (κ2) is 8.33. The van der Waals surface area contributed by atoms with Gasteiger partial charge in [-0.25, -0.2) is 0 Å². The van der Waals surface area contributed by atoms with Crippen molar-refractivity contribution >= 4 is 11.6 Å². The number of halogens is 1. The molecule has 0 aromatic carbocycles. The number of allylic oxidation sites excluding steroid dienone is 4. The molecule has 0 atom stereocenters. The van der Waals surface area contributed by atoms with Gasteiger partial charge in [-0.05, 0) is 38.2 Å². The van der Waals surface area contributed by atoms with Gasteiger partial charge in [-0.1, -0.05) is 30.7 Å². The van der Waals surface area contributed by atoms with E-state index in [9.17, 15) is 0 Å². The molecule has 13 heavy (non-hydrogen) atoms. The normalized spacial score (nSPS) is 13.5. The molecule has 0 aliphatic rings. The highest BCUT2D eigenvalue weighted by molar-refractivity contribution is 6.30. The first-order valence-corrected chi connectivity index (χ1v) is 5.25. The number of hydrogen-bond acceptors (Lipinski definition) is 1. The Balaban J connectivity index is 4.10. The number of rotatable bonds is 6. The van der Waals surface area contributed by atoms with Gasteiger partial charge < -0.3 is 5.11 Å². The third-order valence-corrected chi connectivity index (χ3v) is 2.39. The molecule has 1 N–H and O–H groups in total. The predicted octanol–water partition coefficient (Wildman–Crippen LogP) is 3.63. The van der Waals surface area contributed by atoms with Crippen molar-refractivity contribution in [2.45, 2.75) is 39.5 Å². The lowest BCUT2D eigenvalue weighted by atomic mass is 10.1. The molecule has 0 aromatic heterocycles. The van der Waals surface area contributed by atoms with Crippen LogP contribution < -0.4 is 0 Å². The van der Waals surface area contributed by atoms with E-state index in [1.165, 1.54) is 5.57 Å². The molecule has 0 saturated heterocycles. The molecule has 0 heterocycles. The average molecular weight is 203 g/mol. The molecule has 0 aromatic rings. The summed E-state index contributed by atoms with van der Waals surface area (Å²) in [6.45, 7) is 4.32. The molecule has 0 amide bonds. The van der Waals surface area contributed by atoms with Crippen molar-refractivity contribution in [3.05, 3.63) is 22.8 Å². The van der Waals surface area contributed by atoms with Crippen molar-refractivity contribution in [1.82, 2.24) is 0 Å². The molecule has 0 rings (SSSR count). The van der Waals surface area contributed by atoms with Crippen LogP contribution in [-0.2, 0) is 0 Å². The summed E-state index contributed by atoms with van der Waals surface area (Å²) in [6, 6.07) is 0. The smallest absolute Gasteiger partial charge is 0.0431 e. The van der Waals surface area contributed by atoms with Crippen LogP contribution >= 0.6 is 11.6 Å². The third-order valence-electron chi connectivity index (χ3n) is 1.88. The van der Waals surface area contributed by atoms with Crippen LogP contribution in [0.3, 0.4) is 0 Å². The SMILES string of the molecule is C/C=C\C(CCCCO)=C(\Cl)CC. The topological polar surface area (TPSA) is 20.2 Å². The predicted molar refractivity (Wildman–Crippen MR) is 58.9 cm³/mol.